The molecule has 1 aromatic rings. The maximum absolute atomic E-state index is 12.4. The minimum absolute atomic E-state index is 0.105. The first-order valence-corrected chi connectivity index (χ1v) is 10.4. The van der Waals surface area contributed by atoms with E-state index < -0.39 is 0 Å². The normalized spacial score (nSPS) is 22.3. The van der Waals surface area contributed by atoms with E-state index in [-0.39, 0.29) is 6.03 Å². The number of likely N-dealkylation sites (tertiary alicyclic amines) is 1. The second kappa shape index (κ2) is 10.5. The van der Waals surface area contributed by atoms with Crippen molar-refractivity contribution in [3.63, 3.8) is 0 Å². The Morgan fingerprint density at radius 1 is 1.11 bits per heavy atom. The highest BCUT2D eigenvalue weighted by atomic mass is 16.2. The van der Waals surface area contributed by atoms with Gasteiger partial charge in [0.1, 0.15) is 0 Å². The van der Waals surface area contributed by atoms with E-state index in [1.807, 2.05) is 11.0 Å². The smallest absolute Gasteiger partial charge is 0.317 e. The number of hydrogen-bond acceptors (Lipinski definition) is 3. The van der Waals surface area contributed by atoms with Crippen LogP contribution in [0.4, 0.5) is 4.79 Å². The highest BCUT2D eigenvalue weighted by Crippen LogP contribution is 2.17. The van der Waals surface area contributed by atoms with E-state index in [1.54, 1.807) is 0 Å². The van der Waals surface area contributed by atoms with Crippen LogP contribution in [0.1, 0.15) is 31.2 Å². The van der Waals surface area contributed by atoms with Crippen molar-refractivity contribution < 1.29 is 4.79 Å². The SMILES string of the molecule is CN1CCCC[C@@H]1CCNC(=O)N1CCN(C/C=C/c2ccccc2)CC1. The summed E-state index contributed by atoms with van der Waals surface area (Å²) in [5.41, 5.74) is 1.24. The zero-order valence-electron chi connectivity index (χ0n) is 16.6. The second-order valence-corrected chi connectivity index (χ2v) is 7.75. The zero-order valence-corrected chi connectivity index (χ0v) is 16.6. The molecule has 0 saturated carbocycles. The predicted octanol–water partition coefficient (Wildman–Crippen LogP) is 2.90. The van der Waals surface area contributed by atoms with Gasteiger partial charge in [0, 0.05) is 45.3 Å². The number of carbonyl (C=O) groups excluding carboxylic acids is 1. The lowest BCUT2D eigenvalue weighted by molar-refractivity contribution is 0.143. The van der Waals surface area contributed by atoms with Crippen LogP contribution in [-0.2, 0) is 0 Å². The van der Waals surface area contributed by atoms with E-state index in [1.165, 1.54) is 31.4 Å². The van der Waals surface area contributed by atoms with Crippen LogP contribution < -0.4 is 5.32 Å². The Labute approximate surface area is 164 Å². The van der Waals surface area contributed by atoms with Gasteiger partial charge in [-0.2, -0.15) is 0 Å². The molecule has 5 heteroatoms. The first-order valence-electron chi connectivity index (χ1n) is 10.4. The van der Waals surface area contributed by atoms with Crippen molar-refractivity contribution in [2.24, 2.45) is 0 Å². The van der Waals surface area contributed by atoms with Crippen LogP contribution in [-0.4, -0.2) is 79.6 Å². The Kier molecular flexibility index (Phi) is 7.72. The Morgan fingerprint density at radius 3 is 2.63 bits per heavy atom. The number of benzene rings is 1. The fraction of sp³-hybridized carbons (Fsp3) is 0.591. The van der Waals surface area contributed by atoms with Gasteiger partial charge in [0.2, 0.25) is 0 Å². The van der Waals surface area contributed by atoms with Gasteiger partial charge in [-0.05, 0) is 38.4 Å². The lowest BCUT2D eigenvalue weighted by Crippen LogP contribution is -2.52. The van der Waals surface area contributed by atoms with Gasteiger partial charge in [-0.15, -0.1) is 0 Å². The van der Waals surface area contributed by atoms with Crippen molar-refractivity contribution in [2.45, 2.75) is 31.7 Å². The minimum atomic E-state index is 0.105. The standard InChI is InChI=1S/C22H34N4O/c1-24-14-6-5-11-21(24)12-13-23-22(27)26-18-16-25(17-19-26)15-7-10-20-8-3-2-4-9-20/h2-4,7-10,21H,5-6,11-19H2,1H3,(H,23,27)/b10-7+/t21-/m1/s1. The summed E-state index contributed by atoms with van der Waals surface area (Å²) in [4.78, 5) is 19.2. The summed E-state index contributed by atoms with van der Waals surface area (Å²) in [6, 6.07) is 11.1. The molecule has 0 aliphatic carbocycles. The first kappa shape index (κ1) is 19.9. The molecule has 0 radical (unpaired) electrons. The minimum Gasteiger partial charge on any atom is -0.338 e. The van der Waals surface area contributed by atoms with Crippen molar-refractivity contribution in [3.05, 3.63) is 42.0 Å². The number of piperidine rings is 1. The van der Waals surface area contributed by atoms with Crippen LogP contribution in [0.5, 0.6) is 0 Å². The molecule has 1 atom stereocenters. The Hall–Kier alpha value is -1.85. The molecule has 2 aliphatic heterocycles. The highest BCUT2D eigenvalue weighted by Gasteiger charge is 2.22. The summed E-state index contributed by atoms with van der Waals surface area (Å²) in [5, 5.41) is 3.13. The first-order chi connectivity index (χ1) is 13.2. The van der Waals surface area contributed by atoms with E-state index in [2.05, 4.69) is 58.6 Å². The summed E-state index contributed by atoms with van der Waals surface area (Å²) < 4.78 is 0. The number of rotatable bonds is 6. The van der Waals surface area contributed by atoms with Crippen LogP contribution in [0.25, 0.3) is 6.08 Å². The number of amides is 2. The molecule has 3 rings (SSSR count). The molecule has 2 aliphatic rings. The van der Waals surface area contributed by atoms with Crippen LogP contribution in [0.2, 0.25) is 0 Å². The third kappa shape index (κ3) is 6.36. The quantitative estimate of drug-likeness (QED) is 0.837. The molecular formula is C22H34N4O. The van der Waals surface area contributed by atoms with Crippen molar-refractivity contribution in [3.8, 4) is 0 Å². The monoisotopic (exact) mass is 370 g/mol. The van der Waals surface area contributed by atoms with Gasteiger partial charge in [0.25, 0.3) is 0 Å². The predicted molar refractivity (Wildman–Crippen MR) is 112 cm³/mol. The van der Waals surface area contributed by atoms with E-state index in [0.29, 0.717) is 6.04 Å². The van der Waals surface area contributed by atoms with E-state index in [0.717, 1.165) is 45.7 Å². The number of carbonyl (C=O) groups is 1. The van der Waals surface area contributed by atoms with Gasteiger partial charge in [-0.25, -0.2) is 4.79 Å². The van der Waals surface area contributed by atoms with Crippen molar-refractivity contribution in [2.75, 3.05) is 52.9 Å². The van der Waals surface area contributed by atoms with Gasteiger partial charge in [-0.1, -0.05) is 48.9 Å². The van der Waals surface area contributed by atoms with E-state index in [4.69, 9.17) is 0 Å². The number of nitrogens with one attached hydrogen (secondary N) is 1. The molecule has 2 fully saturated rings. The number of urea groups is 1. The number of nitrogens with zero attached hydrogens (tertiary/aromatic N) is 3. The Morgan fingerprint density at radius 2 is 1.89 bits per heavy atom. The van der Waals surface area contributed by atoms with Crippen LogP contribution in [0.15, 0.2) is 36.4 Å². The third-order valence-corrected chi connectivity index (χ3v) is 5.81. The molecule has 0 aromatic heterocycles. The second-order valence-electron chi connectivity index (χ2n) is 7.75. The summed E-state index contributed by atoms with van der Waals surface area (Å²) in [7, 11) is 2.21. The fourth-order valence-corrected chi connectivity index (χ4v) is 4.00. The van der Waals surface area contributed by atoms with Crippen LogP contribution >= 0.6 is 0 Å². The Balaban J connectivity index is 1.31. The fourth-order valence-electron chi connectivity index (χ4n) is 4.00. The maximum Gasteiger partial charge on any atom is 0.317 e. The summed E-state index contributed by atoms with van der Waals surface area (Å²) in [6.07, 6.45) is 9.34. The van der Waals surface area contributed by atoms with Gasteiger partial charge < -0.3 is 15.1 Å². The molecule has 27 heavy (non-hydrogen) atoms. The highest BCUT2D eigenvalue weighted by molar-refractivity contribution is 5.74. The van der Waals surface area contributed by atoms with Crippen molar-refractivity contribution in [1.82, 2.24) is 20.0 Å². The molecule has 0 bridgehead atoms. The summed E-state index contributed by atoms with van der Waals surface area (Å²) >= 11 is 0. The van der Waals surface area contributed by atoms with Crippen molar-refractivity contribution in [1.29, 1.82) is 0 Å². The van der Waals surface area contributed by atoms with E-state index >= 15 is 0 Å². The van der Waals surface area contributed by atoms with Crippen LogP contribution in [0, 0.1) is 0 Å². The molecular weight excluding hydrogens is 336 g/mol. The zero-order chi connectivity index (χ0) is 18.9. The molecule has 2 heterocycles. The van der Waals surface area contributed by atoms with Gasteiger partial charge >= 0.3 is 6.03 Å². The molecule has 148 valence electrons. The van der Waals surface area contributed by atoms with Crippen LogP contribution in [0.3, 0.4) is 0 Å². The molecule has 5 nitrogen and oxygen atoms in total. The van der Waals surface area contributed by atoms with Crippen molar-refractivity contribution >= 4 is 12.1 Å². The molecule has 0 unspecified atom stereocenters. The lowest BCUT2D eigenvalue weighted by atomic mass is 10.0. The topological polar surface area (TPSA) is 38.8 Å². The largest absolute Gasteiger partial charge is 0.338 e. The van der Waals surface area contributed by atoms with E-state index in [9.17, 15) is 4.79 Å². The lowest BCUT2D eigenvalue weighted by Gasteiger charge is -2.35. The van der Waals surface area contributed by atoms with Gasteiger partial charge in [0.15, 0.2) is 0 Å². The molecule has 0 spiro atoms. The van der Waals surface area contributed by atoms with Gasteiger partial charge in [-0.3, -0.25) is 4.90 Å². The average Bonchev–Trinajstić information content (AvgIpc) is 2.71. The van der Waals surface area contributed by atoms with Gasteiger partial charge in [0.05, 0.1) is 0 Å². The summed E-state index contributed by atoms with van der Waals surface area (Å²) in [6.45, 7) is 6.43. The molecule has 1 aromatic carbocycles. The Bertz CT molecular complexity index is 596. The third-order valence-electron chi connectivity index (χ3n) is 5.81. The number of hydrogen-bond donors (Lipinski definition) is 1. The maximum atomic E-state index is 12.4. The molecule has 2 amide bonds. The molecule has 2 saturated heterocycles. The summed E-state index contributed by atoms with van der Waals surface area (Å²) in [5.74, 6) is 0. The molecule has 1 N–H and O–H groups in total. The average molecular weight is 371 g/mol. The number of piperazine rings is 1.